The topological polar surface area (TPSA) is 53.4 Å². The van der Waals surface area contributed by atoms with E-state index in [9.17, 15) is 0 Å². The first-order chi connectivity index (χ1) is 21.0. The number of hydrogen-bond acceptors (Lipinski definition) is 5. The molecule has 2 unspecified atom stereocenters. The van der Waals surface area contributed by atoms with Crippen molar-refractivity contribution in [1.82, 2.24) is 20.3 Å². The first kappa shape index (κ1) is 26.1. The van der Waals surface area contributed by atoms with Gasteiger partial charge in [0.1, 0.15) is 5.54 Å². The maximum atomic E-state index is 5.53. The molecule has 9 rings (SSSR count). The second-order valence-corrected chi connectivity index (χ2v) is 14.3. The fourth-order valence-electron chi connectivity index (χ4n) is 9.07. The highest BCUT2D eigenvalue weighted by Gasteiger charge is 2.74. The van der Waals surface area contributed by atoms with E-state index in [0.717, 1.165) is 50.8 Å². The first-order valence-corrected chi connectivity index (χ1v) is 16.5. The van der Waals surface area contributed by atoms with E-state index in [4.69, 9.17) is 15.1 Å². The molecule has 1 saturated heterocycles. The van der Waals surface area contributed by atoms with Crippen LogP contribution < -0.4 is 5.43 Å². The Morgan fingerprint density at radius 3 is 2.19 bits per heavy atom. The standard InChI is InChI=1S/C36H29Br2N5/c1-43-20-28(21-10-14-23(37)15-11-21)35(19-18-26-31(41-42-33(26)35)22-12-16-24(38)17-13-22)36(43)27-7-3-2-6-25(27)32-34(36)40-30-9-5-4-8-29(30)39-32/h2-17,26,28,31,41H,18-20H2,1H3/t26?,28-,31?,35+,36-/m0/s1. The highest BCUT2D eigenvalue weighted by Crippen LogP contribution is 2.72. The van der Waals surface area contributed by atoms with Gasteiger partial charge in [0.15, 0.2) is 0 Å². The summed E-state index contributed by atoms with van der Waals surface area (Å²) in [6, 6.07) is 35.1. The van der Waals surface area contributed by atoms with Crippen molar-refractivity contribution in [2.45, 2.75) is 30.3 Å². The van der Waals surface area contributed by atoms with E-state index in [2.05, 4.69) is 146 Å². The van der Waals surface area contributed by atoms with Crippen LogP contribution >= 0.6 is 31.9 Å². The second kappa shape index (κ2) is 9.31. The van der Waals surface area contributed by atoms with Crippen molar-refractivity contribution in [3.05, 3.63) is 128 Å². The van der Waals surface area contributed by atoms with Crippen LogP contribution in [0, 0.1) is 11.3 Å². The number of hydrogen-bond donors (Lipinski definition) is 1. The molecule has 1 saturated carbocycles. The summed E-state index contributed by atoms with van der Waals surface area (Å²) in [6.07, 6.45) is 2.09. The Labute approximate surface area is 267 Å². The summed E-state index contributed by atoms with van der Waals surface area (Å²) < 4.78 is 2.19. The molecule has 0 amide bonds. The highest BCUT2D eigenvalue weighted by molar-refractivity contribution is 9.10. The zero-order valence-electron chi connectivity index (χ0n) is 23.6. The first-order valence-electron chi connectivity index (χ1n) is 15.0. The smallest absolute Gasteiger partial charge is 0.103 e. The predicted molar refractivity (Wildman–Crippen MR) is 178 cm³/mol. The van der Waals surface area contributed by atoms with Crippen LogP contribution in [0.15, 0.2) is 111 Å². The number of rotatable bonds is 2. The van der Waals surface area contributed by atoms with Crippen molar-refractivity contribution in [3.8, 4) is 11.3 Å². The Morgan fingerprint density at radius 2 is 1.44 bits per heavy atom. The summed E-state index contributed by atoms with van der Waals surface area (Å²) in [5, 5.41) is 5.34. The molecule has 0 radical (unpaired) electrons. The fraction of sp³-hybridized carbons (Fsp3) is 0.250. The van der Waals surface area contributed by atoms with E-state index in [1.807, 2.05) is 0 Å². The van der Waals surface area contributed by atoms with Gasteiger partial charge in [-0.15, -0.1) is 0 Å². The molecular formula is C36H29Br2N5. The molecule has 4 aliphatic rings. The molecule has 0 bridgehead atoms. The highest BCUT2D eigenvalue weighted by atomic mass is 79.9. The van der Waals surface area contributed by atoms with Crippen LogP contribution in [-0.4, -0.2) is 34.2 Å². The Bertz CT molecular complexity index is 1960. The summed E-state index contributed by atoms with van der Waals surface area (Å²) in [7, 11) is 2.30. The van der Waals surface area contributed by atoms with Gasteiger partial charge in [0, 0.05) is 38.3 Å². The molecule has 2 aliphatic carbocycles. The van der Waals surface area contributed by atoms with E-state index in [-0.39, 0.29) is 17.4 Å². The van der Waals surface area contributed by atoms with E-state index in [1.54, 1.807) is 0 Å². The molecule has 3 heterocycles. The zero-order chi connectivity index (χ0) is 28.9. The number of likely N-dealkylation sites (N-methyl/N-ethyl adjacent to an activating group) is 1. The number of para-hydroxylation sites is 2. The summed E-state index contributed by atoms with van der Waals surface area (Å²) in [6.45, 7) is 0.901. The summed E-state index contributed by atoms with van der Waals surface area (Å²) in [5.41, 5.74) is 13.2. The molecule has 2 fully saturated rings. The van der Waals surface area contributed by atoms with Crippen molar-refractivity contribution in [2.75, 3.05) is 13.6 Å². The predicted octanol–water partition coefficient (Wildman–Crippen LogP) is 8.20. The quantitative estimate of drug-likeness (QED) is 0.203. The van der Waals surface area contributed by atoms with Gasteiger partial charge in [0.25, 0.3) is 0 Å². The van der Waals surface area contributed by atoms with Crippen LogP contribution in [0.25, 0.3) is 22.3 Å². The van der Waals surface area contributed by atoms with Crippen molar-refractivity contribution in [2.24, 2.45) is 16.4 Å². The Hall–Kier alpha value is -3.39. The molecule has 2 spiro atoms. The number of hydrazone groups is 1. The minimum atomic E-state index is -0.502. The third-order valence-corrected chi connectivity index (χ3v) is 11.7. The lowest BCUT2D eigenvalue weighted by Crippen LogP contribution is -2.53. The van der Waals surface area contributed by atoms with Crippen LogP contribution in [-0.2, 0) is 5.54 Å². The number of likely N-dealkylation sites (tertiary alicyclic amines) is 1. The van der Waals surface area contributed by atoms with E-state index < -0.39 is 5.54 Å². The molecular weight excluding hydrogens is 662 g/mol. The molecule has 5 nitrogen and oxygen atoms in total. The average Bonchev–Trinajstić information content (AvgIpc) is 3.76. The SMILES string of the molecule is CN1C[C@@H](c2ccc(Br)cc2)[C@@]2(CCC3C2=NNC3c2ccc(Br)cc2)[C@@]12c1ccccc1-c1nc3ccccc3nc12. The maximum absolute atomic E-state index is 5.53. The average molecular weight is 691 g/mol. The Morgan fingerprint density at radius 1 is 0.791 bits per heavy atom. The zero-order valence-corrected chi connectivity index (χ0v) is 26.8. The van der Waals surface area contributed by atoms with Gasteiger partial charge in [-0.05, 0) is 73.0 Å². The Balaban J connectivity index is 1.33. The number of aromatic nitrogens is 2. The van der Waals surface area contributed by atoms with Crippen molar-refractivity contribution < 1.29 is 0 Å². The third kappa shape index (κ3) is 3.33. The molecule has 5 atom stereocenters. The lowest BCUT2D eigenvalue weighted by atomic mass is 9.58. The van der Waals surface area contributed by atoms with E-state index >= 15 is 0 Å². The minimum absolute atomic E-state index is 0.148. The number of benzene rings is 4. The molecule has 7 heteroatoms. The molecule has 2 aliphatic heterocycles. The van der Waals surface area contributed by atoms with Crippen LogP contribution in [0.1, 0.15) is 47.2 Å². The maximum Gasteiger partial charge on any atom is 0.103 e. The minimum Gasteiger partial charge on any atom is -0.302 e. The van der Waals surface area contributed by atoms with Crippen LogP contribution in [0.2, 0.25) is 0 Å². The summed E-state index contributed by atoms with van der Waals surface area (Å²) >= 11 is 7.31. The molecule has 4 aromatic carbocycles. The van der Waals surface area contributed by atoms with Gasteiger partial charge >= 0.3 is 0 Å². The molecule has 1 N–H and O–H groups in total. The summed E-state index contributed by atoms with van der Waals surface area (Å²) in [4.78, 5) is 13.4. The fourth-order valence-corrected chi connectivity index (χ4v) is 9.59. The van der Waals surface area contributed by atoms with Gasteiger partial charge in [0.05, 0.1) is 34.2 Å². The van der Waals surface area contributed by atoms with Gasteiger partial charge < -0.3 is 5.43 Å². The number of nitrogens with one attached hydrogen (secondary N) is 1. The van der Waals surface area contributed by atoms with Gasteiger partial charge in [-0.25, -0.2) is 9.97 Å². The molecule has 1 aromatic heterocycles. The molecule has 43 heavy (non-hydrogen) atoms. The lowest BCUT2D eigenvalue weighted by molar-refractivity contribution is 0.136. The molecule has 5 aromatic rings. The van der Waals surface area contributed by atoms with Gasteiger partial charge in [-0.3, -0.25) is 4.90 Å². The number of fused-ring (bicyclic) bond motifs is 9. The molecule has 212 valence electrons. The lowest BCUT2D eigenvalue weighted by Gasteiger charge is -2.47. The largest absolute Gasteiger partial charge is 0.302 e. The van der Waals surface area contributed by atoms with Crippen LogP contribution in [0.4, 0.5) is 0 Å². The van der Waals surface area contributed by atoms with Crippen LogP contribution in [0.3, 0.4) is 0 Å². The Kier molecular flexibility index (Phi) is 5.64. The van der Waals surface area contributed by atoms with Crippen LogP contribution in [0.5, 0.6) is 0 Å². The number of nitrogens with zero attached hydrogens (tertiary/aromatic N) is 4. The van der Waals surface area contributed by atoms with E-state index in [1.165, 1.54) is 28.0 Å². The number of halogens is 2. The van der Waals surface area contributed by atoms with Crippen molar-refractivity contribution >= 4 is 48.6 Å². The van der Waals surface area contributed by atoms with Crippen molar-refractivity contribution in [3.63, 3.8) is 0 Å². The monoisotopic (exact) mass is 689 g/mol. The van der Waals surface area contributed by atoms with Gasteiger partial charge in [-0.2, -0.15) is 5.10 Å². The van der Waals surface area contributed by atoms with Gasteiger partial charge in [-0.1, -0.05) is 92.5 Å². The second-order valence-electron chi connectivity index (χ2n) is 12.4. The third-order valence-electron chi connectivity index (χ3n) is 10.6. The van der Waals surface area contributed by atoms with Gasteiger partial charge in [0.2, 0.25) is 0 Å². The normalized spacial score (nSPS) is 28.7. The summed E-state index contributed by atoms with van der Waals surface area (Å²) in [5.74, 6) is 0.527. The van der Waals surface area contributed by atoms with Crippen molar-refractivity contribution in [1.29, 1.82) is 0 Å². The van der Waals surface area contributed by atoms with E-state index in [0.29, 0.717) is 5.92 Å².